The number of anilines is 2. The maximum atomic E-state index is 12.3. The van der Waals surface area contributed by atoms with Gasteiger partial charge in [0.25, 0.3) is 5.56 Å². The molecule has 5 heterocycles. The smallest absolute Gasteiger partial charge is 0.282 e. The summed E-state index contributed by atoms with van der Waals surface area (Å²) in [7, 11) is 3.82. The lowest BCUT2D eigenvalue weighted by atomic mass is 9.86. The summed E-state index contributed by atoms with van der Waals surface area (Å²) in [6.45, 7) is 7.26. The van der Waals surface area contributed by atoms with Gasteiger partial charge in [-0.05, 0) is 89.9 Å². The van der Waals surface area contributed by atoms with Crippen molar-refractivity contribution >= 4 is 39.1 Å². The maximum Gasteiger partial charge on any atom is 0.282 e. The zero-order valence-corrected chi connectivity index (χ0v) is 28.8. The Kier molecular flexibility index (Phi) is 8.97. The number of nitrogens with zero attached hydrogens (tertiary/aromatic N) is 5. The number of hydrogen-bond acceptors (Lipinski definition) is 8. The van der Waals surface area contributed by atoms with Crippen LogP contribution in [0.1, 0.15) is 60.6 Å². The van der Waals surface area contributed by atoms with E-state index in [0.29, 0.717) is 28.6 Å². The number of piperidine rings is 2. The van der Waals surface area contributed by atoms with Gasteiger partial charge in [0.1, 0.15) is 4.47 Å². The highest BCUT2D eigenvalue weighted by atomic mass is 79.9. The number of carbonyl (C=O) groups excluding carboxylic acids is 2. The third-order valence-electron chi connectivity index (χ3n) is 10.8. The third-order valence-corrected chi connectivity index (χ3v) is 11.6. The standard InChI is InChI=1S/C36H44BrN7O3/c1-41-20-27(17-28(21-41)39-31-18-38-42(2)35(47)33(31)37)25-5-3-24(4-6-25)19-43-15-13-36(22-43)14-16-44(23-36)29-9-7-26(8-10-29)30-11-12-32(45)40-34(30)46/h3-10,18,27-28,30,39H,11-17,19-23H2,1-2H3,(H,40,45,46)/t27-,28+,30?,36?/m0/s1. The molecule has 1 spiro atoms. The van der Waals surface area contributed by atoms with E-state index in [-0.39, 0.29) is 29.3 Å². The lowest BCUT2D eigenvalue weighted by molar-refractivity contribution is -0.134. The fourth-order valence-electron chi connectivity index (χ4n) is 8.23. The van der Waals surface area contributed by atoms with Gasteiger partial charge in [0.15, 0.2) is 0 Å². The quantitative estimate of drug-likeness (QED) is 0.356. The van der Waals surface area contributed by atoms with Crippen LogP contribution in [-0.2, 0) is 23.2 Å². The first kappa shape index (κ1) is 32.0. The van der Waals surface area contributed by atoms with Crippen molar-refractivity contribution < 1.29 is 9.59 Å². The van der Waals surface area contributed by atoms with Gasteiger partial charge in [-0.15, -0.1) is 0 Å². The molecule has 2 aromatic carbocycles. The molecule has 2 N–H and O–H groups in total. The van der Waals surface area contributed by atoms with Crippen molar-refractivity contribution in [3.05, 3.63) is 86.2 Å². The van der Waals surface area contributed by atoms with E-state index in [1.165, 1.54) is 34.3 Å². The van der Waals surface area contributed by atoms with Crippen molar-refractivity contribution in [1.82, 2.24) is 24.9 Å². The van der Waals surface area contributed by atoms with Gasteiger partial charge >= 0.3 is 0 Å². The van der Waals surface area contributed by atoms with Gasteiger partial charge in [0, 0.05) is 69.9 Å². The summed E-state index contributed by atoms with van der Waals surface area (Å²) in [5.41, 5.74) is 5.86. The Labute approximate surface area is 284 Å². The number of nitrogens with one attached hydrogen (secondary N) is 2. The van der Waals surface area contributed by atoms with Crippen molar-refractivity contribution in [3.8, 4) is 0 Å². The highest BCUT2D eigenvalue weighted by molar-refractivity contribution is 9.10. The van der Waals surface area contributed by atoms with Crippen LogP contribution in [0.25, 0.3) is 0 Å². The molecule has 7 rings (SSSR count). The van der Waals surface area contributed by atoms with Crippen LogP contribution in [0.2, 0.25) is 0 Å². The third kappa shape index (κ3) is 6.89. The zero-order valence-electron chi connectivity index (χ0n) is 27.3. The Bertz CT molecular complexity index is 1690. The molecule has 0 bridgehead atoms. The van der Waals surface area contributed by atoms with E-state index >= 15 is 0 Å². The largest absolute Gasteiger partial charge is 0.379 e. The molecule has 4 aliphatic heterocycles. The molecular weight excluding hydrogens is 658 g/mol. The van der Waals surface area contributed by atoms with E-state index in [9.17, 15) is 14.4 Å². The van der Waals surface area contributed by atoms with E-state index in [0.717, 1.165) is 63.5 Å². The molecule has 0 saturated carbocycles. The van der Waals surface area contributed by atoms with Crippen molar-refractivity contribution in [2.75, 3.05) is 56.5 Å². The summed E-state index contributed by atoms with van der Waals surface area (Å²) in [5, 5.41) is 10.2. The second-order valence-corrected chi connectivity index (χ2v) is 15.1. The number of carbonyl (C=O) groups is 2. The number of rotatable bonds is 7. The van der Waals surface area contributed by atoms with Gasteiger partial charge in [-0.1, -0.05) is 36.4 Å². The van der Waals surface area contributed by atoms with Crippen LogP contribution in [0, 0.1) is 5.41 Å². The van der Waals surface area contributed by atoms with E-state index in [1.807, 2.05) is 0 Å². The predicted molar refractivity (Wildman–Crippen MR) is 187 cm³/mol. The second kappa shape index (κ2) is 13.2. The molecule has 2 amide bonds. The highest BCUT2D eigenvalue weighted by Gasteiger charge is 2.43. The maximum absolute atomic E-state index is 12.3. The minimum atomic E-state index is -0.236. The van der Waals surface area contributed by atoms with Gasteiger partial charge in [-0.3, -0.25) is 24.6 Å². The molecule has 0 aliphatic carbocycles. The molecule has 4 atom stereocenters. The van der Waals surface area contributed by atoms with Gasteiger partial charge in [0.2, 0.25) is 11.8 Å². The average Bonchev–Trinajstić information content (AvgIpc) is 3.67. The first-order chi connectivity index (χ1) is 22.6. The second-order valence-electron chi connectivity index (χ2n) is 14.3. The van der Waals surface area contributed by atoms with Gasteiger partial charge in [0.05, 0.1) is 17.8 Å². The van der Waals surface area contributed by atoms with E-state index < -0.39 is 0 Å². The predicted octanol–water partition coefficient (Wildman–Crippen LogP) is 4.07. The van der Waals surface area contributed by atoms with Crippen LogP contribution in [-0.4, -0.2) is 83.8 Å². The lowest BCUT2D eigenvalue weighted by Crippen LogP contribution is -2.43. The molecular formula is C36H44BrN7O3. The molecule has 2 unspecified atom stereocenters. The Morgan fingerprint density at radius 2 is 1.70 bits per heavy atom. The average molecular weight is 703 g/mol. The monoisotopic (exact) mass is 701 g/mol. The van der Waals surface area contributed by atoms with Crippen LogP contribution in [0.4, 0.5) is 11.4 Å². The topological polar surface area (TPSA) is 103 Å². The minimum Gasteiger partial charge on any atom is -0.379 e. The summed E-state index contributed by atoms with van der Waals surface area (Å²) < 4.78 is 1.86. The molecule has 4 aliphatic rings. The number of hydrogen-bond donors (Lipinski definition) is 2. The summed E-state index contributed by atoms with van der Waals surface area (Å²) in [6, 6.07) is 17.9. The number of likely N-dealkylation sites (N-methyl/N-ethyl adjacent to an activating group) is 1. The van der Waals surface area contributed by atoms with Gasteiger partial charge < -0.3 is 15.1 Å². The van der Waals surface area contributed by atoms with Crippen molar-refractivity contribution in [1.29, 1.82) is 0 Å². The zero-order chi connectivity index (χ0) is 32.7. The summed E-state index contributed by atoms with van der Waals surface area (Å²) in [6.07, 6.45) is 6.12. The van der Waals surface area contributed by atoms with E-state index in [2.05, 4.69) is 102 Å². The number of amides is 2. The van der Waals surface area contributed by atoms with Crippen LogP contribution in [0.3, 0.4) is 0 Å². The first-order valence-corrected chi connectivity index (χ1v) is 17.6. The lowest BCUT2D eigenvalue weighted by Gasteiger charge is -2.37. The molecule has 10 nitrogen and oxygen atoms in total. The summed E-state index contributed by atoms with van der Waals surface area (Å²) >= 11 is 3.45. The fraction of sp³-hybridized carbons (Fsp3) is 0.500. The molecule has 248 valence electrons. The van der Waals surface area contributed by atoms with Gasteiger partial charge in [-0.2, -0.15) is 5.10 Å². The van der Waals surface area contributed by atoms with Gasteiger partial charge in [-0.25, -0.2) is 4.68 Å². The van der Waals surface area contributed by atoms with Crippen LogP contribution < -0.4 is 21.1 Å². The number of aryl methyl sites for hydroxylation is 1. The van der Waals surface area contributed by atoms with Crippen molar-refractivity contribution in [2.45, 2.75) is 56.5 Å². The van der Waals surface area contributed by atoms with Crippen LogP contribution in [0.15, 0.2) is 64.0 Å². The van der Waals surface area contributed by atoms with E-state index in [4.69, 9.17) is 0 Å². The SMILES string of the molecule is CN1C[C@H](Nc2cnn(C)c(=O)c2Br)C[C@H](c2ccc(CN3CCC4(CCN(c5ccc(C6CCC(=O)NC6=O)cc5)C4)C3)cc2)C1. The highest BCUT2D eigenvalue weighted by Crippen LogP contribution is 2.42. The fourth-order valence-corrected chi connectivity index (χ4v) is 8.70. The Hall–Kier alpha value is -3.54. The molecule has 1 aromatic heterocycles. The number of benzene rings is 2. The molecule has 3 aromatic rings. The molecule has 0 radical (unpaired) electrons. The summed E-state index contributed by atoms with van der Waals surface area (Å²) in [4.78, 5) is 43.7. The number of halogens is 1. The minimum absolute atomic E-state index is 0.140. The Balaban J connectivity index is 0.925. The van der Waals surface area contributed by atoms with Crippen molar-refractivity contribution in [3.63, 3.8) is 0 Å². The van der Waals surface area contributed by atoms with Crippen LogP contribution in [0.5, 0.6) is 0 Å². The first-order valence-electron chi connectivity index (χ1n) is 16.8. The molecule has 4 fully saturated rings. The van der Waals surface area contributed by atoms with E-state index in [1.54, 1.807) is 13.2 Å². The normalized spacial score (nSPS) is 27.0. The van der Waals surface area contributed by atoms with Crippen molar-refractivity contribution in [2.24, 2.45) is 12.5 Å². The number of imide groups is 1. The Morgan fingerprint density at radius 1 is 0.957 bits per heavy atom. The Morgan fingerprint density at radius 3 is 2.47 bits per heavy atom. The molecule has 4 saturated heterocycles. The molecule has 47 heavy (non-hydrogen) atoms. The number of aromatic nitrogens is 2. The molecule has 11 heteroatoms. The summed E-state index contributed by atoms with van der Waals surface area (Å²) in [5.74, 6) is -0.173. The van der Waals surface area contributed by atoms with Crippen LogP contribution >= 0.6 is 15.9 Å². The number of likely N-dealkylation sites (tertiary alicyclic amines) is 2.